The van der Waals surface area contributed by atoms with Gasteiger partial charge in [0, 0.05) is 11.1 Å². The third-order valence-electron chi connectivity index (χ3n) is 4.01. The van der Waals surface area contributed by atoms with Crippen molar-refractivity contribution in [3.05, 3.63) is 39.3 Å². The summed E-state index contributed by atoms with van der Waals surface area (Å²) < 4.78 is 5.85. The van der Waals surface area contributed by atoms with E-state index in [0.29, 0.717) is 10.8 Å². The number of benzene rings is 1. The van der Waals surface area contributed by atoms with Gasteiger partial charge in [0.05, 0.1) is 11.0 Å². The van der Waals surface area contributed by atoms with E-state index in [-0.39, 0.29) is 17.2 Å². The lowest BCUT2D eigenvalue weighted by Gasteiger charge is -2.36. The SMILES string of the molecule is CC(C)(C)[C]1CCC(Oc2ccc(Cl)cc2[N+](=O)[O-])CC1. The molecule has 1 saturated carbocycles. The molecule has 0 unspecified atom stereocenters. The van der Waals surface area contributed by atoms with Crippen molar-refractivity contribution < 1.29 is 9.66 Å². The summed E-state index contributed by atoms with van der Waals surface area (Å²) in [5.41, 5.74) is 0.171. The van der Waals surface area contributed by atoms with Crippen LogP contribution in [0.1, 0.15) is 46.5 Å². The molecular weight excluding hydrogens is 290 g/mol. The van der Waals surface area contributed by atoms with E-state index in [0.717, 1.165) is 25.7 Å². The molecule has 21 heavy (non-hydrogen) atoms. The van der Waals surface area contributed by atoms with Crippen molar-refractivity contribution in [2.24, 2.45) is 5.41 Å². The van der Waals surface area contributed by atoms with Crippen molar-refractivity contribution in [1.82, 2.24) is 0 Å². The average molecular weight is 311 g/mol. The Labute approximate surface area is 130 Å². The first-order chi connectivity index (χ1) is 9.77. The van der Waals surface area contributed by atoms with E-state index in [1.807, 2.05) is 0 Å². The van der Waals surface area contributed by atoms with Crippen LogP contribution in [-0.4, -0.2) is 11.0 Å². The molecule has 4 nitrogen and oxygen atoms in total. The van der Waals surface area contributed by atoms with Gasteiger partial charge in [0.2, 0.25) is 0 Å². The Bertz CT molecular complexity index is 517. The average Bonchev–Trinajstić information content (AvgIpc) is 2.40. The molecule has 0 aromatic heterocycles. The fourth-order valence-corrected chi connectivity index (χ4v) is 2.89. The van der Waals surface area contributed by atoms with Crippen LogP contribution in [0, 0.1) is 21.4 Å². The van der Waals surface area contributed by atoms with E-state index in [4.69, 9.17) is 16.3 Å². The molecular formula is C16H21ClNO3. The van der Waals surface area contributed by atoms with E-state index >= 15 is 0 Å². The highest BCUT2D eigenvalue weighted by atomic mass is 35.5. The maximum Gasteiger partial charge on any atom is 0.312 e. The Balaban J connectivity index is 2.03. The summed E-state index contributed by atoms with van der Waals surface area (Å²) in [6.45, 7) is 6.69. The number of hydrogen-bond donors (Lipinski definition) is 0. The minimum absolute atomic E-state index is 0.0379. The minimum Gasteiger partial charge on any atom is -0.484 e. The van der Waals surface area contributed by atoms with Gasteiger partial charge in [-0.3, -0.25) is 10.1 Å². The maximum absolute atomic E-state index is 11.1. The number of nitro groups is 1. The van der Waals surface area contributed by atoms with Gasteiger partial charge < -0.3 is 4.74 Å². The molecule has 1 radical (unpaired) electrons. The summed E-state index contributed by atoms with van der Waals surface area (Å²) in [7, 11) is 0. The van der Waals surface area contributed by atoms with Gasteiger partial charge in [0.1, 0.15) is 0 Å². The molecule has 2 rings (SSSR count). The fraction of sp³-hybridized carbons (Fsp3) is 0.562. The van der Waals surface area contributed by atoms with Gasteiger partial charge in [-0.25, -0.2) is 0 Å². The predicted molar refractivity (Wildman–Crippen MR) is 83.7 cm³/mol. The lowest BCUT2D eigenvalue weighted by Crippen LogP contribution is -2.29. The van der Waals surface area contributed by atoms with Crippen molar-refractivity contribution in [3.8, 4) is 5.75 Å². The molecule has 1 aromatic rings. The largest absolute Gasteiger partial charge is 0.484 e. The van der Waals surface area contributed by atoms with Crippen molar-refractivity contribution in [2.45, 2.75) is 52.6 Å². The molecule has 1 aromatic carbocycles. The Kier molecular flexibility index (Phi) is 4.77. The van der Waals surface area contributed by atoms with Crippen molar-refractivity contribution in [1.29, 1.82) is 0 Å². The minimum atomic E-state index is -0.448. The van der Waals surface area contributed by atoms with Crippen LogP contribution in [-0.2, 0) is 0 Å². The Morgan fingerprint density at radius 2 is 1.90 bits per heavy atom. The normalized spacial score (nSPS) is 17.7. The molecule has 0 aliphatic heterocycles. The van der Waals surface area contributed by atoms with Crippen LogP contribution < -0.4 is 4.74 Å². The number of ether oxygens (including phenoxy) is 1. The molecule has 1 aliphatic carbocycles. The van der Waals surface area contributed by atoms with Crippen LogP contribution in [0.4, 0.5) is 5.69 Å². The van der Waals surface area contributed by atoms with E-state index in [2.05, 4.69) is 20.8 Å². The number of rotatable bonds is 3. The lowest BCUT2D eigenvalue weighted by atomic mass is 9.72. The summed E-state index contributed by atoms with van der Waals surface area (Å²) in [6.07, 6.45) is 3.90. The quantitative estimate of drug-likeness (QED) is 0.570. The van der Waals surface area contributed by atoms with Gasteiger partial charge in [-0.2, -0.15) is 0 Å². The first-order valence-corrected chi connectivity index (χ1v) is 7.61. The third kappa shape index (κ3) is 4.10. The molecule has 0 saturated heterocycles. The maximum atomic E-state index is 11.1. The van der Waals surface area contributed by atoms with Crippen LogP contribution in [0.25, 0.3) is 0 Å². The molecule has 5 heteroatoms. The van der Waals surface area contributed by atoms with Crippen LogP contribution >= 0.6 is 11.6 Å². The molecule has 1 aliphatic rings. The zero-order valence-corrected chi connectivity index (χ0v) is 13.4. The lowest BCUT2D eigenvalue weighted by molar-refractivity contribution is -0.386. The van der Waals surface area contributed by atoms with Crippen LogP contribution in [0.2, 0.25) is 5.02 Å². The topological polar surface area (TPSA) is 52.4 Å². The Morgan fingerprint density at radius 3 is 2.43 bits per heavy atom. The van der Waals surface area contributed by atoms with Gasteiger partial charge in [0.25, 0.3) is 0 Å². The van der Waals surface area contributed by atoms with E-state index in [1.54, 1.807) is 18.1 Å². The van der Waals surface area contributed by atoms with Crippen LogP contribution in [0.5, 0.6) is 5.75 Å². The molecule has 0 amide bonds. The zero-order valence-electron chi connectivity index (χ0n) is 12.7. The molecule has 0 bridgehead atoms. The van der Waals surface area contributed by atoms with Gasteiger partial charge >= 0.3 is 5.69 Å². The second kappa shape index (κ2) is 6.22. The first-order valence-electron chi connectivity index (χ1n) is 7.23. The van der Waals surface area contributed by atoms with Crippen molar-refractivity contribution in [2.75, 3.05) is 0 Å². The van der Waals surface area contributed by atoms with E-state index < -0.39 is 4.92 Å². The smallest absolute Gasteiger partial charge is 0.312 e. The number of halogens is 1. The standard InChI is InChI=1S/C16H21ClNO3/c1-16(2,3)11-4-7-13(8-5-11)21-15-9-6-12(17)10-14(15)18(19)20/h6,9-10,13H,4-5,7-8H2,1-3H3. The van der Waals surface area contributed by atoms with Gasteiger partial charge in [-0.05, 0) is 49.1 Å². The summed E-state index contributed by atoms with van der Waals surface area (Å²) >= 11 is 5.81. The fourth-order valence-electron chi connectivity index (χ4n) is 2.72. The second-order valence-electron chi connectivity index (χ2n) is 6.54. The summed E-state index contributed by atoms with van der Waals surface area (Å²) in [5, 5.41) is 11.4. The third-order valence-corrected chi connectivity index (χ3v) is 4.24. The molecule has 0 spiro atoms. The van der Waals surface area contributed by atoms with Gasteiger partial charge in [-0.15, -0.1) is 0 Å². The van der Waals surface area contributed by atoms with E-state index in [1.165, 1.54) is 6.07 Å². The summed E-state index contributed by atoms with van der Waals surface area (Å²) in [6, 6.07) is 4.55. The van der Waals surface area contributed by atoms with Crippen molar-refractivity contribution >= 4 is 17.3 Å². The molecule has 0 atom stereocenters. The highest BCUT2D eigenvalue weighted by molar-refractivity contribution is 6.30. The molecule has 0 N–H and O–H groups in total. The predicted octanol–water partition coefficient (Wildman–Crippen LogP) is 5.19. The van der Waals surface area contributed by atoms with Crippen LogP contribution in [0.3, 0.4) is 0 Å². The summed E-state index contributed by atoms with van der Waals surface area (Å²) in [5.74, 6) is 1.86. The number of hydrogen-bond acceptors (Lipinski definition) is 3. The number of nitro benzene ring substituents is 1. The van der Waals surface area contributed by atoms with Gasteiger partial charge in [0.15, 0.2) is 5.75 Å². The number of nitrogens with zero attached hydrogens (tertiary/aromatic N) is 1. The Hall–Kier alpha value is -1.29. The van der Waals surface area contributed by atoms with Crippen LogP contribution in [0.15, 0.2) is 18.2 Å². The highest BCUT2D eigenvalue weighted by Crippen LogP contribution is 2.41. The Morgan fingerprint density at radius 1 is 1.29 bits per heavy atom. The second-order valence-corrected chi connectivity index (χ2v) is 6.98. The molecule has 1 fully saturated rings. The van der Waals surface area contributed by atoms with E-state index in [9.17, 15) is 10.1 Å². The monoisotopic (exact) mass is 310 g/mol. The highest BCUT2D eigenvalue weighted by Gasteiger charge is 2.31. The zero-order chi connectivity index (χ0) is 15.6. The molecule has 115 valence electrons. The summed E-state index contributed by atoms with van der Waals surface area (Å²) in [4.78, 5) is 10.6. The van der Waals surface area contributed by atoms with Gasteiger partial charge in [-0.1, -0.05) is 32.4 Å². The van der Waals surface area contributed by atoms with Crippen molar-refractivity contribution in [3.63, 3.8) is 0 Å². The first kappa shape index (κ1) is 16.1. The molecule has 0 heterocycles.